The van der Waals surface area contributed by atoms with Gasteiger partial charge in [-0.3, -0.25) is 9.59 Å². The number of piperazine rings is 1. The van der Waals surface area contributed by atoms with Crippen LogP contribution in [0.1, 0.15) is 20.3 Å². The summed E-state index contributed by atoms with van der Waals surface area (Å²) in [5, 5.41) is 5.54. The highest BCUT2D eigenvalue weighted by Crippen LogP contribution is 2.16. The molecule has 1 aliphatic rings. The van der Waals surface area contributed by atoms with E-state index in [1.807, 2.05) is 18.7 Å². The van der Waals surface area contributed by atoms with Crippen molar-refractivity contribution in [3.63, 3.8) is 0 Å². The minimum atomic E-state index is -0.532. The normalized spacial score (nSPS) is 17.6. The SMILES string of the molecule is CCC(C)C(N)C(=O)Nc1ccc(N2CCNC(=O)C2)nc1. The van der Waals surface area contributed by atoms with Gasteiger partial charge in [0.2, 0.25) is 11.8 Å². The standard InChI is InChI=1S/C15H23N5O2/c1-3-10(2)14(16)15(22)19-11-4-5-12(18-8-11)20-7-6-17-13(21)9-20/h4-5,8,10,14H,3,6-7,9,16H2,1-2H3,(H,17,21)(H,19,22). The number of carbonyl (C=O) groups excluding carboxylic acids is 2. The van der Waals surface area contributed by atoms with Crippen LogP contribution in [0.3, 0.4) is 0 Å². The number of carbonyl (C=O) groups is 2. The summed E-state index contributed by atoms with van der Waals surface area (Å²) >= 11 is 0. The number of nitrogens with one attached hydrogen (secondary N) is 2. The number of anilines is 2. The van der Waals surface area contributed by atoms with E-state index in [1.54, 1.807) is 18.3 Å². The van der Waals surface area contributed by atoms with Gasteiger partial charge in [0.05, 0.1) is 24.5 Å². The number of aromatic nitrogens is 1. The molecule has 2 amide bonds. The minimum absolute atomic E-state index is 0.00930. The Balaban J connectivity index is 1.97. The van der Waals surface area contributed by atoms with Crippen molar-refractivity contribution in [3.05, 3.63) is 18.3 Å². The first-order valence-electron chi connectivity index (χ1n) is 7.55. The molecule has 0 aromatic carbocycles. The number of hydrogen-bond acceptors (Lipinski definition) is 5. The van der Waals surface area contributed by atoms with Gasteiger partial charge >= 0.3 is 0 Å². The van der Waals surface area contributed by atoms with Gasteiger partial charge in [-0.25, -0.2) is 4.98 Å². The van der Waals surface area contributed by atoms with E-state index in [0.717, 1.165) is 18.8 Å². The zero-order valence-corrected chi connectivity index (χ0v) is 13.0. The lowest BCUT2D eigenvalue weighted by Crippen LogP contribution is -2.48. The van der Waals surface area contributed by atoms with E-state index in [9.17, 15) is 9.59 Å². The van der Waals surface area contributed by atoms with Crippen LogP contribution < -0.4 is 21.3 Å². The molecule has 0 radical (unpaired) electrons. The lowest BCUT2D eigenvalue weighted by molar-refractivity contribution is -0.120. The molecule has 7 heteroatoms. The molecule has 120 valence electrons. The van der Waals surface area contributed by atoms with Crippen LogP contribution in [0.15, 0.2) is 18.3 Å². The van der Waals surface area contributed by atoms with Crippen molar-refractivity contribution in [2.45, 2.75) is 26.3 Å². The van der Waals surface area contributed by atoms with Gasteiger partial charge in [-0.05, 0) is 18.1 Å². The molecule has 0 aliphatic carbocycles. The van der Waals surface area contributed by atoms with Crippen molar-refractivity contribution < 1.29 is 9.59 Å². The summed E-state index contributed by atoms with van der Waals surface area (Å²) in [6.45, 7) is 5.60. The topological polar surface area (TPSA) is 100 Å². The largest absolute Gasteiger partial charge is 0.353 e. The molecule has 7 nitrogen and oxygen atoms in total. The van der Waals surface area contributed by atoms with Crippen molar-refractivity contribution >= 4 is 23.3 Å². The van der Waals surface area contributed by atoms with Crippen LogP contribution in [0.25, 0.3) is 0 Å². The fourth-order valence-electron chi connectivity index (χ4n) is 2.22. The molecular formula is C15H23N5O2. The maximum Gasteiger partial charge on any atom is 0.241 e. The highest BCUT2D eigenvalue weighted by atomic mass is 16.2. The average Bonchev–Trinajstić information content (AvgIpc) is 2.54. The van der Waals surface area contributed by atoms with Crippen LogP contribution in [-0.2, 0) is 9.59 Å². The van der Waals surface area contributed by atoms with Gasteiger partial charge in [-0.2, -0.15) is 0 Å². The Labute approximate surface area is 130 Å². The Kier molecular flexibility index (Phi) is 5.32. The summed E-state index contributed by atoms with van der Waals surface area (Å²) in [6, 6.07) is 3.04. The van der Waals surface area contributed by atoms with Crippen LogP contribution in [0.5, 0.6) is 0 Å². The molecule has 1 fully saturated rings. The van der Waals surface area contributed by atoms with E-state index < -0.39 is 6.04 Å². The predicted octanol–water partition coefficient (Wildman–Crippen LogP) is 0.330. The van der Waals surface area contributed by atoms with E-state index in [0.29, 0.717) is 18.8 Å². The zero-order chi connectivity index (χ0) is 16.1. The molecule has 0 spiro atoms. The summed E-state index contributed by atoms with van der Waals surface area (Å²) in [7, 11) is 0. The molecule has 2 atom stereocenters. The second-order valence-electron chi connectivity index (χ2n) is 5.58. The van der Waals surface area contributed by atoms with Gasteiger partial charge in [0.1, 0.15) is 5.82 Å². The monoisotopic (exact) mass is 305 g/mol. The summed E-state index contributed by atoms with van der Waals surface area (Å²) in [6.07, 6.45) is 2.44. The lowest BCUT2D eigenvalue weighted by Gasteiger charge is -2.27. The summed E-state index contributed by atoms with van der Waals surface area (Å²) in [5.74, 6) is 0.629. The molecule has 1 saturated heterocycles. The Bertz CT molecular complexity index is 531. The minimum Gasteiger partial charge on any atom is -0.353 e. The second-order valence-corrected chi connectivity index (χ2v) is 5.58. The third-order valence-electron chi connectivity index (χ3n) is 3.94. The van der Waals surface area contributed by atoms with E-state index >= 15 is 0 Å². The Morgan fingerprint density at radius 2 is 2.32 bits per heavy atom. The van der Waals surface area contributed by atoms with Gasteiger partial charge in [0.15, 0.2) is 0 Å². The molecule has 22 heavy (non-hydrogen) atoms. The fraction of sp³-hybridized carbons (Fsp3) is 0.533. The van der Waals surface area contributed by atoms with Crippen molar-refractivity contribution in [2.75, 3.05) is 29.9 Å². The average molecular weight is 305 g/mol. The van der Waals surface area contributed by atoms with Crippen molar-refractivity contribution in [1.29, 1.82) is 0 Å². The molecule has 2 unspecified atom stereocenters. The Morgan fingerprint density at radius 3 is 2.91 bits per heavy atom. The highest BCUT2D eigenvalue weighted by molar-refractivity contribution is 5.94. The van der Waals surface area contributed by atoms with E-state index in [-0.39, 0.29) is 17.7 Å². The number of amides is 2. The Hall–Kier alpha value is -2.15. The molecule has 2 rings (SSSR count). The quantitative estimate of drug-likeness (QED) is 0.728. The number of hydrogen-bond donors (Lipinski definition) is 3. The first kappa shape index (κ1) is 16.2. The lowest BCUT2D eigenvalue weighted by atomic mass is 9.99. The van der Waals surface area contributed by atoms with Gasteiger partial charge in [-0.1, -0.05) is 20.3 Å². The first-order valence-corrected chi connectivity index (χ1v) is 7.55. The number of rotatable bonds is 5. The molecular weight excluding hydrogens is 282 g/mol. The van der Waals surface area contributed by atoms with Crippen LogP contribution in [-0.4, -0.2) is 42.5 Å². The smallest absolute Gasteiger partial charge is 0.241 e. The molecule has 0 bridgehead atoms. The van der Waals surface area contributed by atoms with Gasteiger partial charge < -0.3 is 21.3 Å². The van der Waals surface area contributed by atoms with Crippen LogP contribution >= 0.6 is 0 Å². The summed E-state index contributed by atoms with van der Waals surface area (Å²) in [5.41, 5.74) is 6.50. The van der Waals surface area contributed by atoms with E-state index in [4.69, 9.17) is 5.73 Å². The zero-order valence-electron chi connectivity index (χ0n) is 13.0. The molecule has 1 aliphatic heterocycles. The maximum absolute atomic E-state index is 12.0. The Morgan fingerprint density at radius 1 is 1.55 bits per heavy atom. The number of pyridine rings is 1. The van der Waals surface area contributed by atoms with Crippen molar-refractivity contribution in [2.24, 2.45) is 11.7 Å². The van der Waals surface area contributed by atoms with E-state index in [2.05, 4.69) is 15.6 Å². The predicted molar refractivity (Wildman–Crippen MR) is 85.5 cm³/mol. The summed E-state index contributed by atoms with van der Waals surface area (Å²) in [4.78, 5) is 29.6. The van der Waals surface area contributed by atoms with Gasteiger partial charge in [0, 0.05) is 13.1 Å². The van der Waals surface area contributed by atoms with Crippen LogP contribution in [0.2, 0.25) is 0 Å². The molecule has 1 aromatic rings. The van der Waals surface area contributed by atoms with Crippen LogP contribution in [0.4, 0.5) is 11.5 Å². The first-order chi connectivity index (χ1) is 10.5. The van der Waals surface area contributed by atoms with E-state index in [1.165, 1.54) is 0 Å². The highest BCUT2D eigenvalue weighted by Gasteiger charge is 2.20. The van der Waals surface area contributed by atoms with Gasteiger partial charge in [-0.15, -0.1) is 0 Å². The van der Waals surface area contributed by atoms with Crippen molar-refractivity contribution in [1.82, 2.24) is 10.3 Å². The molecule has 2 heterocycles. The molecule has 4 N–H and O–H groups in total. The number of nitrogens with zero attached hydrogens (tertiary/aromatic N) is 2. The summed E-state index contributed by atoms with van der Waals surface area (Å²) < 4.78 is 0. The number of nitrogens with two attached hydrogens (primary N) is 1. The second kappa shape index (κ2) is 7.22. The van der Waals surface area contributed by atoms with Gasteiger partial charge in [0.25, 0.3) is 0 Å². The fourth-order valence-corrected chi connectivity index (χ4v) is 2.22. The molecule has 1 aromatic heterocycles. The molecule has 0 saturated carbocycles. The third-order valence-corrected chi connectivity index (χ3v) is 3.94. The van der Waals surface area contributed by atoms with Crippen molar-refractivity contribution in [3.8, 4) is 0 Å². The maximum atomic E-state index is 12.0. The third kappa shape index (κ3) is 3.94. The van der Waals surface area contributed by atoms with Crippen LogP contribution in [0, 0.1) is 5.92 Å².